The van der Waals surface area contributed by atoms with Crippen LogP contribution in [0.3, 0.4) is 0 Å². The Labute approximate surface area is 175 Å². The molecule has 1 atom stereocenters. The number of nitrogens with zero attached hydrogens (tertiary/aromatic N) is 2. The number of hydrogen-bond acceptors (Lipinski definition) is 4. The smallest absolute Gasteiger partial charge is 0.250 e. The first-order chi connectivity index (χ1) is 14.4. The van der Waals surface area contributed by atoms with Crippen LogP contribution >= 0.6 is 0 Å². The summed E-state index contributed by atoms with van der Waals surface area (Å²) in [6.07, 6.45) is 2.57. The van der Waals surface area contributed by atoms with Crippen LogP contribution in [-0.2, 0) is 0 Å². The number of aromatic nitrogens is 1. The van der Waals surface area contributed by atoms with Crippen molar-refractivity contribution in [1.29, 1.82) is 0 Å². The molecule has 6 heteroatoms. The quantitative estimate of drug-likeness (QED) is 0.639. The SMILES string of the molecule is Cc1ccncc1-c1cc(OCC(O)CN2CCC(F)(F)CC2)cc2ccccc12. The van der Waals surface area contributed by atoms with Crippen molar-refractivity contribution in [3.8, 4) is 16.9 Å². The molecule has 4 rings (SSSR count). The van der Waals surface area contributed by atoms with Gasteiger partial charge in [0.05, 0.1) is 0 Å². The lowest BCUT2D eigenvalue weighted by Crippen LogP contribution is -2.44. The first-order valence-electron chi connectivity index (χ1n) is 10.3. The van der Waals surface area contributed by atoms with E-state index < -0.39 is 12.0 Å². The van der Waals surface area contributed by atoms with Gasteiger partial charge in [-0.3, -0.25) is 4.98 Å². The summed E-state index contributed by atoms with van der Waals surface area (Å²) in [5.74, 6) is -1.92. The fourth-order valence-electron chi connectivity index (χ4n) is 3.94. The standard InChI is InChI=1S/C24H26F2N2O2/c1-17-6-9-27-14-23(17)22-13-20(12-18-4-2-3-5-21(18)22)30-16-19(29)15-28-10-7-24(25,26)8-11-28/h2-6,9,12-14,19,29H,7-8,10-11,15-16H2,1H3. The molecule has 1 unspecified atom stereocenters. The largest absolute Gasteiger partial charge is 0.491 e. The van der Waals surface area contributed by atoms with Crippen molar-refractivity contribution >= 4 is 10.8 Å². The summed E-state index contributed by atoms with van der Waals surface area (Å²) in [6, 6.07) is 14.0. The predicted molar refractivity (Wildman–Crippen MR) is 114 cm³/mol. The number of aryl methyl sites for hydroxylation is 1. The maximum atomic E-state index is 13.3. The molecular formula is C24H26F2N2O2. The fraction of sp³-hybridized carbons (Fsp3) is 0.375. The highest BCUT2D eigenvalue weighted by Gasteiger charge is 2.34. The van der Waals surface area contributed by atoms with Gasteiger partial charge in [0.15, 0.2) is 0 Å². The third-order valence-corrected chi connectivity index (χ3v) is 5.66. The number of fused-ring (bicyclic) bond motifs is 1. The van der Waals surface area contributed by atoms with E-state index in [1.807, 2.05) is 54.4 Å². The Bertz CT molecular complexity index is 1020. The molecule has 0 saturated carbocycles. The van der Waals surface area contributed by atoms with Gasteiger partial charge in [-0.25, -0.2) is 8.78 Å². The number of aliphatic hydroxyl groups excluding tert-OH is 1. The molecule has 0 amide bonds. The van der Waals surface area contributed by atoms with E-state index in [0.717, 1.165) is 27.5 Å². The highest BCUT2D eigenvalue weighted by molar-refractivity contribution is 5.98. The van der Waals surface area contributed by atoms with E-state index in [1.54, 1.807) is 6.20 Å². The maximum absolute atomic E-state index is 13.3. The van der Waals surface area contributed by atoms with E-state index in [4.69, 9.17) is 4.74 Å². The van der Waals surface area contributed by atoms with Crippen molar-refractivity contribution in [3.05, 3.63) is 60.4 Å². The highest BCUT2D eigenvalue weighted by atomic mass is 19.3. The molecular weight excluding hydrogens is 386 g/mol. The number of likely N-dealkylation sites (tertiary alicyclic amines) is 1. The average Bonchev–Trinajstić information content (AvgIpc) is 2.74. The predicted octanol–water partition coefficient (Wildman–Crippen LogP) is 4.68. The number of halogens is 2. The highest BCUT2D eigenvalue weighted by Crippen LogP contribution is 2.34. The number of aliphatic hydroxyl groups is 1. The zero-order valence-corrected chi connectivity index (χ0v) is 17.0. The van der Waals surface area contributed by atoms with Gasteiger partial charge in [0.1, 0.15) is 18.5 Å². The molecule has 0 aliphatic carbocycles. The molecule has 1 saturated heterocycles. The number of pyridine rings is 1. The van der Waals surface area contributed by atoms with Crippen LogP contribution in [0.5, 0.6) is 5.75 Å². The number of ether oxygens (including phenoxy) is 1. The molecule has 3 aromatic rings. The Kier molecular flexibility index (Phi) is 5.97. The van der Waals surface area contributed by atoms with Crippen molar-refractivity contribution in [2.45, 2.75) is 31.8 Å². The van der Waals surface area contributed by atoms with Gasteiger partial charge in [-0.05, 0) is 47.0 Å². The topological polar surface area (TPSA) is 45.6 Å². The van der Waals surface area contributed by atoms with Gasteiger partial charge in [0, 0.05) is 50.4 Å². The van der Waals surface area contributed by atoms with E-state index >= 15 is 0 Å². The molecule has 30 heavy (non-hydrogen) atoms. The third-order valence-electron chi connectivity index (χ3n) is 5.66. The van der Waals surface area contributed by atoms with E-state index in [-0.39, 0.29) is 19.4 Å². The summed E-state index contributed by atoms with van der Waals surface area (Å²) in [5.41, 5.74) is 3.18. The van der Waals surface area contributed by atoms with E-state index in [9.17, 15) is 13.9 Å². The van der Waals surface area contributed by atoms with Gasteiger partial charge < -0.3 is 14.7 Å². The van der Waals surface area contributed by atoms with Crippen molar-refractivity contribution in [3.63, 3.8) is 0 Å². The molecule has 158 valence electrons. The van der Waals surface area contributed by atoms with Gasteiger partial charge in [-0.2, -0.15) is 0 Å². The second kappa shape index (κ2) is 8.66. The molecule has 0 spiro atoms. The normalized spacial score (nSPS) is 17.7. The zero-order chi connectivity index (χ0) is 21.1. The minimum absolute atomic E-state index is 0.108. The summed E-state index contributed by atoms with van der Waals surface area (Å²) in [4.78, 5) is 6.14. The second-order valence-electron chi connectivity index (χ2n) is 8.00. The minimum Gasteiger partial charge on any atom is -0.491 e. The van der Waals surface area contributed by atoms with Crippen LogP contribution in [0.25, 0.3) is 21.9 Å². The number of rotatable bonds is 6. The van der Waals surface area contributed by atoms with Crippen LogP contribution < -0.4 is 4.74 Å². The Morgan fingerprint density at radius 3 is 2.67 bits per heavy atom. The lowest BCUT2D eigenvalue weighted by molar-refractivity contribution is -0.0628. The van der Waals surface area contributed by atoms with Crippen molar-refractivity contribution < 1.29 is 18.6 Å². The number of piperidine rings is 1. The summed E-state index contributed by atoms with van der Waals surface area (Å²) in [6.45, 7) is 3.08. The van der Waals surface area contributed by atoms with Crippen molar-refractivity contribution in [2.75, 3.05) is 26.2 Å². The number of hydrogen-bond donors (Lipinski definition) is 1. The van der Waals surface area contributed by atoms with Gasteiger partial charge in [-0.15, -0.1) is 0 Å². The Balaban J connectivity index is 1.49. The second-order valence-corrected chi connectivity index (χ2v) is 8.00. The summed E-state index contributed by atoms with van der Waals surface area (Å²) < 4.78 is 32.5. The van der Waals surface area contributed by atoms with Gasteiger partial charge in [-0.1, -0.05) is 24.3 Å². The molecule has 1 aliphatic heterocycles. The lowest BCUT2D eigenvalue weighted by Gasteiger charge is -2.32. The van der Waals surface area contributed by atoms with Crippen LogP contribution in [-0.4, -0.2) is 53.3 Å². The molecule has 2 aromatic carbocycles. The van der Waals surface area contributed by atoms with E-state index in [0.29, 0.717) is 25.4 Å². The first-order valence-corrected chi connectivity index (χ1v) is 10.3. The molecule has 0 radical (unpaired) electrons. The average molecular weight is 412 g/mol. The zero-order valence-electron chi connectivity index (χ0n) is 17.0. The van der Waals surface area contributed by atoms with E-state index in [1.165, 1.54) is 0 Å². The minimum atomic E-state index is -2.58. The summed E-state index contributed by atoms with van der Waals surface area (Å²) >= 11 is 0. The van der Waals surface area contributed by atoms with Crippen LogP contribution in [0.15, 0.2) is 54.9 Å². The molecule has 4 nitrogen and oxygen atoms in total. The molecule has 1 aromatic heterocycles. The van der Waals surface area contributed by atoms with Gasteiger partial charge in [0.2, 0.25) is 0 Å². The lowest BCUT2D eigenvalue weighted by atomic mass is 9.96. The van der Waals surface area contributed by atoms with Crippen molar-refractivity contribution in [1.82, 2.24) is 9.88 Å². The Hall–Kier alpha value is -2.57. The van der Waals surface area contributed by atoms with Gasteiger partial charge >= 0.3 is 0 Å². The summed E-state index contributed by atoms with van der Waals surface area (Å²) in [7, 11) is 0. The van der Waals surface area contributed by atoms with Crippen molar-refractivity contribution in [2.24, 2.45) is 0 Å². The molecule has 0 bridgehead atoms. The molecule has 1 N–H and O–H groups in total. The van der Waals surface area contributed by atoms with Crippen LogP contribution in [0.4, 0.5) is 8.78 Å². The van der Waals surface area contributed by atoms with Crippen LogP contribution in [0, 0.1) is 6.92 Å². The summed E-state index contributed by atoms with van der Waals surface area (Å²) in [5, 5.41) is 12.5. The van der Waals surface area contributed by atoms with E-state index in [2.05, 4.69) is 11.1 Å². The Morgan fingerprint density at radius 2 is 1.90 bits per heavy atom. The van der Waals surface area contributed by atoms with Gasteiger partial charge in [0.25, 0.3) is 5.92 Å². The monoisotopic (exact) mass is 412 g/mol. The Morgan fingerprint density at radius 1 is 1.13 bits per heavy atom. The molecule has 1 fully saturated rings. The third kappa shape index (κ3) is 4.77. The number of benzene rings is 2. The fourth-order valence-corrected chi connectivity index (χ4v) is 3.94. The number of alkyl halides is 2. The number of β-amino-alcohol motifs (C(OH)–C–C–N with tert-alkyl or cyclic N) is 1. The molecule has 2 heterocycles. The molecule has 1 aliphatic rings. The van der Waals surface area contributed by atoms with Crippen LogP contribution in [0.2, 0.25) is 0 Å². The van der Waals surface area contributed by atoms with Crippen LogP contribution in [0.1, 0.15) is 18.4 Å². The first kappa shape index (κ1) is 20.7. The maximum Gasteiger partial charge on any atom is 0.250 e.